The number of thiophene rings is 1. The monoisotopic (exact) mass is 380 g/mol. The van der Waals surface area contributed by atoms with Gasteiger partial charge in [0.25, 0.3) is 5.91 Å². The van der Waals surface area contributed by atoms with Crippen LogP contribution >= 0.6 is 22.9 Å². The van der Waals surface area contributed by atoms with Crippen LogP contribution in [-0.2, 0) is 0 Å². The lowest BCUT2D eigenvalue weighted by Gasteiger charge is -2.36. The Morgan fingerprint density at radius 1 is 1.40 bits per heavy atom. The highest BCUT2D eigenvalue weighted by molar-refractivity contribution is 7.10. The van der Waals surface area contributed by atoms with Gasteiger partial charge in [-0.3, -0.25) is 9.69 Å². The Kier molecular flexibility index (Phi) is 6.10. The van der Waals surface area contributed by atoms with Crippen LogP contribution in [0.25, 0.3) is 0 Å². The number of carbonyl (C=O) groups is 1. The van der Waals surface area contributed by atoms with Crippen molar-refractivity contribution in [3.05, 3.63) is 57.0 Å². The second-order valence-corrected chi connectivity index (χ2v) is 8.00. The molecule has 2 aromatic rings. The average Bonchev–Trinajstić information content (AvgIpc) is 3.13. The van der Waals surface area contributed by atoms with Gasteiger partial charge in [0.15, 0.2) is 0 Å². The van der Waals surface area contributed by atoms with Crippen LogP contribution in [0.5, 0.6) is 0 Å². The molecule has 1 aromatic carbocycles. The van der Waals surface area contributed by atoms with Gasteiger partial charge in [0, 0.05) is 16.4 Å². The van der Waals surface area contributed by atoms with Gasteiger partial charge in [-0.1, -0.05) is 24.6 Å². The summed E-state index contributed by atoms with van der Waals surface area (Å²) in [6, 6.07) is 8.28. The second-order valence-electron chi connectivity index (χ2n) is 6.58. The number of nitrogens with zero attached hydrogens (tertiary/aromatic N) is 1. The number of amides is 1. The van der Waals surface area contributed by atoms with E-state index in [0.29, 0.717) is 11.6 Å². The van der Waals surface area contributed by atoms with Crippen molar-refractivity contribution in [2.24, 2.45) is 5.92 Å². The number of piperidine rings is 1. The number of carbonyl (C=O) groups excluding carboxylic acids is 1. The van der Waals surface area contributed by atoms with Crippen molar-refractivity contribution >= 4 is 28.8 Å². The summed E-state index contributed by atoms with van der Waals surface area (Å²) in [4.78, 5) is 16.0. The minimum absolute atomic E-state index is 0.00954. The van der Waals surface area contributed by atoms with E-state index >= 15 is 0 Å². The fourth-order valence-electron chi connectivity index (χ4n) is 3.19. The molecule has 1 amide bonds. The SMILES string of the molecule is CC1CCN([C@H](CNC(=O)c2cc(Cl)ccc2F)c2cccs2)CC1. The highest BCUT2D eigenvalue weighted by atomic mass is 35.5. The number of rotatable bonds is 5. The van der Waals surface area contributed by atoms with Gasteiger partial charge in [-0.05, 0) is 61.5 Å². The van der Waals surface area contributed by atoms with Crippen molar-refractivity contribution in [1.29, 1.82) is 0 Å². The molecule has 1 fully saturated rings. The van der Waals surface area contributed by atoms with E-state index in [4.69, 9.17) is 11.6 Å². The third kappa shape index (κ3) is 4.60. The maximum Gasteiger partial charge on any atom is 0.254 e. The molecule has 0 spiro atoms. The molecular weight excluding hydrogens is 359 g/mol. The Morgan fingerprint density at radius 3 is 2.84 bits per heavy atom. The van der Waals surface area contributed by atoms with E-state index in [2.05, 4.69) is 23.2 Å². The summed E-state index contributed by atoms with van der Waals surface area (Å²) in [5, 5.41) is 5.29. The molecule has 0 radical (unpaired) electrons. The molecule has 3 rings (SSSR count). The van der Waals surface area contributed by atoms with Crippen molar-refractivity contribution in [2.75, 3.05) is 19.6 Å². The van der Waals surface area contributed by atoms with E-state index < -0.39 is 11.7 Å². The number of benzene rings is 1. The molecule has 1 aromatic heterocycles. The summed E-state index contributed by atoms with van der Waals surface area (Å²) >= 11 is 7.58. The topological polar surface area (TPSA) is 32.3 Å². The van der Waals surface area contributed by atoms with Crippen LogP contribution < -0.4 is 5.32 Å². The van der Waals surface area contributed by atoms with E-state index in [9.17, 15) is 9.18 Å². The van der Waals surface area contributed by atoms with Crippen molar-refractivity contribution in [3.8, 4) is 0 Å². The average molecular weight is 381 g/mol. The molecule has 1 aliphatic heterocycles. The quantitative estimate of drug-likeness (QED) is 0.812. The van der Waals surface area contributed by atoms with Gasteiger partial charge in [-0.15, -0.1) is 11.3 Å². The van der Waals surface area contributed by atoms with E-state index in [-0.39, 0.29) is 11.6 Å². The van der Waals surface area contributed by atoms with Crippen LogP contribution in [0.15, 0.2) is 35.7 Å². The molecule has 2 heterocycles. The van der Waals surface area contributed by atoms with E-state index in [1.807, 2.05) is 11.4 Å². The molecule has 3 nitrogen and oxygen atoms in total. The molecule has 1 atom stereocenters. The summed E-state index contributed by atoms with van der Waals surface area (Å²) in [5.41, 5.74) is -0.00954. The number of nitrogens with one attached hydrogen (secondary N) is 1. The first-order chi connectivity index (χ1) is 12.0. The Bertz CT molecular complexity index is 714. The summed E-state index contributed by atoms with van der Waals surface area (Å²) in [6.07, 6.45) is 2.33. The second kappa shape index (κ2) is 8.30. The van der Waals surface area contributed by atoms with E-state index in [1.54, 1.807) is 11.3 Å². The zero-order chi connectivity index (χ0) is 17.8. The largest absolute Gasteiger partial charge is 0.350 e. The minimum Gasteiger partial charge on any atom is -0.350 e. The zero-order valence-electron chi connectivity index (χ0n) is 14.2. The highest BCUT2D eigenvalue weighted by Gasteiger charge is 2.26. The fourth-order valence-corrected chi connectivity index (χ4v) is 4.22. The summed E-state index contributed by atoms with van der Waals surface area (Å²) < 4.78 is 13.9. The highest BCUT2D eigenvalue weighted by Crippen LogP contribution is 2.29. The van der Waals surface area contributed by atoms with E-state index in [1.165, 1.54) is 35.9 Å². The molecule has 0 unspecified atom stereocenters. The number of halogens is 2. The molecule has 25 heavy (non-hydrogen) atoms. The first-order valence-corrected chi connectivity index (χ1v) is 9.81. The number of hydrogen-bond donors (Lipinski definition) is 1. The molecule has 0 saturated carbocycles. The van der Waals surface area contributed by atoms with Crippen LogP contribution in [0.3, 0.4) is 0 Å². The lowest BCUT2D eigenvalue weighted by Crippen LogP contribution is -2.41. The van der Waals surface area contributed by atoms with Gasteiger partial charge < -0.3 is 5.32 Å². The molecule has 1 aliphatic rings. The van der Waals surface area contributed by atoms with Gasteiger partial charge in [0.1, 0.15) is 5.82 Å². The lowest BCUT2D eigenvalue weighted by molar-refractivity contribution is 0.0911. The zero-order valence-corrected chi connectivity index (χ0v) is 15.7. The first-order valence-electron chi connectivity index (χ1n) is 8.55. The Balaban J connectivity index is 1.70. The summed E-state index contributed by atoms with van der Waals surface area (Å²) in [6.45, 7) is 4.77. The van der Waals surface area contributed by atoms with Gasteiger partial charge in [0.05, 0.1) is 11.6 Å². The van der Waals surface area contributed by atoms with Crippen molar-refractivity contribution in [3.63, 3.8) is 0 Å². The maximum absolute atomic E-state index is 13.9. The first kappa shape index (κ1) is 18.4. The van der Waals surface area contributed by atoms with Crippen LogP contribution in [0.1, 0.15) is 41.0 Å². The van der Waals surface area contributed by atoms with Crippen LogP contribution in [-0.4, -0.2) is 30.4 Å². The fraction of sp³-hybridized carbons (Fsp3) is 0.421. The smallest absolute Gasteiger partial charge is 0.254 e. The predicted molar refractivity (Wildman–Crippen MR) is 101 cm³/mol. The van der Waals surface area contributed by atoms with Gasteiger partial charge in [0.2, 0.25) is 0 Å². The van der Waals surface area contributed by atoms with Crippen LogP contribution in [0.2, 0.25) is 5.02 Å². The Hall–Kier alpha value is -1.43. The van der Waals surface area contributed by atoms with Crippen molar-refractivity contribution in [2.45, 2.75) is 25.8 Å². The lowest BCUT2D eigenvalue weighted by atomic mass is 9.97. The van der Waals surface area contributed by atoms with E-state index in [0.717, 1.165) is 19.0 Å². The molecule has 1 saturated heterocycles. The Morgan fingerprint density at radius 2 is 2.16 bits per heavy atom. The maximum atomic E-state index is 13.9. The molecule has 134 valence electrons. The molecule has 1 N–H and O–H groups in total. The molecule has 0 bridgehead atoms. The van der Waals surface area contributed by atoms with Gasteiger partial charge >= 0.3 is 0 Å². The molecule has 6 heteroatoms. The number of hydrogen-bond acceptors (Lipinski definition) is 3. The predicted octanol–water partition coefficient (Wildman–Crippen LogP) is 4.74. The summed E-state index contributed by atoms with van der Waals surface area (Å²) in [7, 11) is 0. The third-order valence-electron chi connectivity index (χ3n) is 4.76. The van der Waals surface area contributed by atoms with Crippen LogP contribution in [0, 0.1) is 11.7 Å². The number of likely N-dealkylation sites (tertiary alicyclic amines) is 1. The van der Waals surface area contributed by atoms with Gasteiger partial charge in [-0.25, -0.2) is 4.39 Å². The van der Waals surface area contributed by atoms with Gasteiger partial charge in [-0.2, -0.15) is 0 Å². The third-order valence-corrected chi connectivity index (χ3v) is 5.97. The molecular formula is C19H22ClFN2OS. The molecule has 0 aliphatic carbocycles. The van der Waals surface area contributed by atoms with Crippen molar-refractivity contribution < 1.29 is 9.18 Å². The Labute approximate surface area is 156 Å². The van der Waals surface area contributed by atoms with Crippen LogP contribution in [0.4, 0.5) is 4.39 Å². The normalized spacial score (nSPS) is 17.4. The van der Waals surface area contributed by atoms with Crippen molar-refractivity contribution in [1.82, 2.24) is 10.2 Å². The minimum atomic E-state index is -0.554. The standard InChI is InChI=1S/C19H22ClFN2OS/c1-13-6-8-23(9-7-13)17(18-3-2-10-25-18)12-22-19(24)15-11-14(20)4-5-16(15)21/h2-5,10-11,13,17H,6-9,12H2,1H3,(H,22,24)/t17-/m1/s1. The summed E-state index contributed by atoms with van der Waals surface area (Å²) in [5.74, 6) is -0.233.